The number of nitrogens with zero attached hydrogens (tertiary/aromatic N) is 2. The summed E-state index contributed by atoms with van der Waals surface area (Å²) in [6.07, 6.45) is 1.69. The number of nitro groups is 1. The van der Waals surface area contributed by atoms with Gasteiger partial charge in [0.2, 0.25) is 0 Å². The summed E-state index contributed by atoms with van der Waals surface area (Å²) < 4.78 is 0. The van der Waals surface area contributed by atoms with Gasteiger partial charge in [-0.25, -0.2) is 4.79 Å². The minimum atomic E-state index is -1.29. The van der Waals surface area contributed by atoms with E-state index in [1.165, 1.54) is 6.07 Å². The van der Waals surface area contributed by atoms with Gasteiger partial charge in [-0.05, 0) is 24.8 Å². The van der Waals surface area contributed by atoms with Crippen molar-refractivity contribution >= 4 is 17.6 Å². The highest BCUT2D eigenvalue weighted by Crippen LogP contribution is 2.28. The molecule has 2 atom stereocenters. The van der Waals surface area contributed by atoms with Crippen molar-refractivity contribution in [3.05, 3.63) is 39.4 Å². The average Bonchev–Trinajstić information content (AvgIpc) is 2.86. The van der Waals surface area contributed by atoms with Crippen molar-refractivity contribution < 1.29 is 19.6 Å². The van der Waals surface area contributed by atoms with Gasteiger partial charge in [0.05, 0.1) is 10.5 Å². The Kier molecular flexibility index (Phi) is 4.44. The molecule has 2 rings (SSSR count). The lowest BCUT2D eigenvalue weighted by Gasteiger charge is -2.23. The molecule has 0 aromatic heterocycles. The fourth-order valence-electron chi connectivity index (χ4n) is 2.92. The lowest BCUT2D eigenvalue weighted by molar-refractivity contribution is -0.384. The van der Waals surface area contributed by atoms with Gasteiger partial charge in [0.1, 0.15) is 0 Å². The summed E-state index contributed by atoms with van der Waals surface area (Å²) in [5, 5.41) is 20.0. The van der Waals surface area contributed by atoms with Gasteiger partial charge in [-0.15, -0.1) is 0 Å². The van der Waals surface area contributed by atoms with E-state index in [1.54, 1.807) is 4.90 Å². The minimum Gasteiger partial charge on any atom is -0.478 e. The summed E-state index contributed by atoms with van der Waals surface area (Å²) in [6, 6.07) is 3.40. The molecule has 0 aliphatic carbocycles. The lowest BCUT2D eigenvalue weighted by Crippen LogP contribution is -2.35. The minimum absolute atomic E-state index is 0.0548. The number of hydrogen-bond acceptors (Lipinski definition) is 4. The van der Waals surface area contributed by atoms with Gasteiger partial charge in [-0.1, -0.05) is 13.8 Å². The van der Waals surface area contributed by atoms with Crippen molar-refractivity contribution in [1.82, 2.24) is 4.90 Å². The van der Waals surface area contributed by atoms with Gasteiger partial charge in [0.25, 0.3) is 11.6 Å². The molecule has 1 amide bonds. The Labute approximate surface area is 127 Å². The predicted octanol–water partition coefficient (Wildman–Crippen LogP) is 2.55. The van der Waals surface area contributed by atoms with E-state index in [1.807, 2.05) is 13.8 Å². The first-order valence-electron chi connectivity index (χ1n) is 7.17. The fraction of sp³-hybridized carbons (Fsp3) is 0.467. The molecule has 1 N–H and O–H groups in total. The van der Waals surface area contributed by atoms with Crippen LogP contribution in [0.2, 0.25) is 0 Å². The molecular weight excluding hydrogens is 288 g/mol. The van der Waals surface area contributed by atoms with Crippen LogP contribution in [0.5, 0.6) is 0 Å². The van der Waals surface area contributed by atoms with Gasteiger partial charge in [-0.2, -0.15) is 0 Å². The number of carboxylic acids is 1. The van der Waals surface area contributed by atoms with Crippen LogP contribution >= 0.6 is 0 Å². The Hall–Kier alpha value is -2.44. The first-order chi connectivity index (χ1) is 10.3. The summed E-state index contributed by atoms with van der Waals surface area (Å²) >= 11 is 0. The van der Waals surface area contributed by atoms with Crippen LogP contribution in [-0.4, -0.2) is 39.4 Å². The number of hydrogen-bond donors (Lipinski definition) is 1. The van der Waals surface area contributed by atoms with Crippen molar-refractivity contribution in [2.75, 3.05) is 6.54 Å². The van der Waals surface area contributed by atoms with E-state index in [9.17, 15) is 19.7 Å². The SMILES string of the molecule is CCC1CC(C)CN1C(=O)c1cc(C(=O)O)cc([N+](=O)[O-])c1. The number of likely N-dealkylation sites (tertiary alicyclic amines) is 1. The quantitative estimate of drug-likeness (QED) is 0.680. The van der Waals surface area contributed by atoms with Crippen LogP contribution in [0, 0.1) is 16.0 Å². The van der Waals surface area contributed by atoms with Crippen molar-refractivity contribution in [1.29, 1.82) is 0 Å². The second kappa shape index (κ2) is 6.13. The summed E-state index contributed by atoms with van der Waals surface area (Å²) in [5.41, 5.74) is -0.583. The molecule has 7 heteroatoms. The van der Waals surface area contributed by atoms with E-state index in [4.69, 9.17) is 5.11 Å². The second-order valence-electron chi connectivity index (χ2n) is 5.69. The van der Waals surface area contributed by atoms with Crippen molar-refractivity contribution in [3.63, 3.8) is 0 Å². The van der Waals surface area contributed by atoms with Gasteiger partial charge in [0, 0.05) is 30.3 Å². The predicted molar refractivity (Wildman–Crippen MR) is 79.0 cm³/mol. The van der Waals surface area contributed by atoms with Crippen LogP contribution in [0.4, 0.5) is 5.69 Å². The topological polar surface area (TPSA) is 101 Å². The molecule has 1 saturated heterocycles. The number of rotatable bonds is 4. The maximum atomic E-state index is 12.6. The Morgan fingerprint density at radius 2 is 2.00 bits per heavy atom. The molecule has 0 bridgehead atoms. The zero-order chi connectivity index (χ0) is 16.4. The molecule has 1 aromatic carbocycles. The second-order valence-corrected chi connectivity index (χ2v) is 5.69. The first-order valence-corrected chi connectivity index (χ1v) is 7.17. The molecule has 0 radical (unpaired) electrons. The largest absolute Gasteiger partial charge is 0.478 e. The Balaban J connectivity index is 2.40. The third-order valence-corrected chi connectivity index (χ3v) is 3.98. The normalized spacial score (nSPS) is 20.9. The van der Waals surface area contributed by atoms with E-state index in [-0.39, 0.29) is 28.8 Å². The Morgan fingerprint density at radius 1 is 1.36 bits per heavy atom. The summed E-state index contributed by atoms with van der Waals surface area (Å²) in [4.78, 5) is 35.7. The molecule has 1 aliphatic heterocycles. The number of carboxylic acid groups (broad SMARTS) is 1. The van der Waals surface area contributed by atoms with Crippen molar-refractivity contribution in [2.45, 2.75) is 32.7 Å². The maximum absolute atomic E-state index is 12.6. The molecule has 1 aromatic rings. The molecule has 118 valence electrons. The third kappa shape index (κ3) is 3.08. The van der Waals surface area contributed by atoms with Crippen LogP contribution in [0.1, 0.15) is 47.4 Å². The molecule has 1 fully saturated rings. The lowest BCUT2D eigenvalue weighted by atomic mass is 10.1. The number of benzene rings is 1. The van der Waals surface area contributed by atoms with Crippen LogP contribution < -0.4 is 0 Å². The van der Waals surface area contributed by atoms with E-state index >= 15 is 0 Å². The molecule has 0 saturated carbocycles. The smallest absolute Gasteiger partial charge is 0.335 e. The van der Waals surface area contributed by atoms with Crippen LogP contribution in [0.15, 0.2) is 18.2 Å². The third-order valence-electron chi connectivity index (χ3n) is 3.98. The van der Waals surface area contributed by atoms with E-state index in [0.717, 1.165) is 25.0 Å². The van der Waals surface area contributed by atoms with Gasteiger partial charge < -0.3 is 10.0 Å². The molecule has 0 spiro atoms. The summed E-state index contributed by atoms with van der Waals surface area (Å²) in [6.45, 7) is 4.62. The zero-order valence-corrected chi connectivity index (χ0v) is 12.5. The van der Waals surface area contributed by atoms with Crippen molar-refractivity contribution in [3.8, 4) is 0 Å². The number of amides is 1. The summed E-state index contributed by atoms with van der Waals surface area (Å²) in [5.74, 6) is -1.27. The molecule has 22 heavy (non-hydrogen) atoms. The van der Waals surface area contributed by atoms with Gasteiger partial charge in [-0.3, -0.25) is 14.9 Å². The Bertz CT molecular complexity index is 596. The average molecular weight is 306 g/mol. The van der Waals surface area contributed by atoms with Crippen LogP contribution in [0.25, 0.3) is 0 Å². The molecular formula is C15H18N2O5. The van der Waals surface area contributed by atoms with Gasteiger partial charge >= 0.3 is 5.97 Å². The molecule has 7 nitrogen and oxygen atoms in total. The highest BCUT2D eigenvalue weighted by molar-refractivity contribution is 5.98. The zero-order valence-electron chi connectivity index (χ0n) is 12.5. The number of carbonyl (C=O) groups excluding carboxylic acids is 1. The number of nitro benzene ring substituents is 1. The molecule has 1 aliphatic rings. The summed E-state index contributed by atoms with van der Waals surface area (Å²) in [7, 11) is 0. The highest BCUT2D eigenvalue weighted by atomic mass is 16.6. The Morgan fingerprint density at radius 3 is 2.55 bits per heavy atom. The standard InChI is InChI=1S/C15H18N2O5/c1-3-12-4-9(2)8-16(12)14(18)10-5-11(15(19)20)7-13(6-10)17(21)22/h5-7,9,12H,3-4,8H2,1-2H3,(H,19,20). The van der Waals surface area contributed by atoms with E-state index in [2.05, 4.69) is 0 Å². The number of non-ortho nitro benzene ring substituents is 1. The first kappa shape index (κ1) is 15.9. The number of aromatic carboxylic acids is 1. The number of carbonyl (C=O) groups is 2. The van der Waals surface area contributed by atoms with Crippen LogP contribution in [0.3, 0.4) is 0 Å². The van der Waals surface area contributed by atoms with E-state index in [0.29, 0.717) is 12.5 Å². The maximum Gasteiger partial charge on any atom is 0.335 e. The highest BCUT2D eigenvalue weighted by Gasteiger charge is 2.33. The molecule has 1 heterocycles. The van der Waals surface area contributed by atoms with E-state index < -0.39 is 10.9 Å². The monoisotopic (exact) mass is 306 g/mol. The van der Waals surface area contributed by atoms with Crippen molar-refractivity contribution in [2.24, 2.45) is 5.92 Å². The fourth-order valence-corrected chi connectivity index (χ4v) is 2.92. The molecule has 2 unspecified atom stereocenters. The van der Waals surface area contributed by atoms with Crippen LogP contribution in [-0.2, 0) is 0 Å². The van der Waals surface area contributed by atoms with Gasteiger partial charge in [0.15, 0.2) is 0 Å².